The van der Waals surface area contributed by atoms with E-state index in [1.54, 1.807) is 10.3 Å². The molecule has 90 valence electrons. The number of hydrogen-bond acceptors (Lipinski definition) is 4. The van der Waals surface area contributed by atoms with Crippen LogP contribution in [-0.4, -0.2) is 29.4 Å². The van der Waals surface area contributed by atoms with E-state index >= 15 is 0 Å². The average molecular weight is 241 g/mol. The minimum Gasteiger partial charge on any atom is -0.340 e. The van der Waals surface area contributed by atoms with E-state index in [2.05, 4.69) is 18.8 Å². The molecule has 0 fully saturated rings. The van der Waals surface area contributed by atoms with Gasteiger partial charge in [0.2, 0.25) is 0 Å². The van der Waals surface area contributed by atoms with Crippen molar-refractivity contribution >= 4 is 17.2 Å². The van der Waals surface area contributed by atoms with Gasteiger partial charge in [0.1, 0.15) is 10.7 Å². The molecule has 1 amide bonds. The second-order valence-corrected chi connectivity index (χ2v) is 4.97. The summed E-state index contributed by atoms with van der Waals surface area (Å²) in [4.78, 5) is 17.9. The van der Waals surface area contributed by atoms with E-state index in [0.717, 1.165) is 18.0 Å². The Morgan fingerprint density at radius 1 is 1.69 bits per heavy atom. The summed E-state index contributed by atoms with van der Waals surface area (Å²) in [6, 6.07) is 0. The van der Waals surface area contributed by atoms with E-state index in [0.29, 0.717) is 18.2 Å². The number of thiazole rings is 1. The lowest BCUT2D eigenvalue weighted by Gasteiger charge is -2.19. The summed E-state index contributed by atoms with van der Waals surface area (Å²) in [5.41, 5.74) is 5.98. The van der Waals surface area contributed by atoms with E-state index in [1.807, 2.05) is 7.05 Å². The Morgan fingerprint density at radius 3 is 2.88 bits per heavy atom. The number of carbonyl (C=O) groups is 1. The van der Waals surface area contributed by atoms with E-state index < -0.39 is 0 Å². The van der Waals surface area contributed by atoms with Crippen molar-refractivity contribution in [2.45, 2.75) is 26.8 Å². The molecule has 4 nitrogen and oxygen atoms in total. The van der Waals surface area contributed by atoms with Gasteiger partial charge in [-0.25, -0.2) is 4.98 Å². The highest BCUT2D eigenvalue weighted by Crippen LogP contribution is 2.12. The lowest BCUT2D eigenvalue weighted by atomic mass is 10.1. The molecule has 0 aromatic carbocycles. The number of aromatic nitrogens is 1. The summed E-state index contributed by atoms with van der Waals surface area (Å²) in [5, 5.41) is 2.58. The number of carbonyl (C=O) groups excluding carboxylic acids is 1. The zero-order valence-corrected chi connectivity index (χ0v) is 10.9. The third kappa shape index (κ3) is 3.28. The quantitative estimate of drug-likeness (QED) is 0.854. The first-order valence-electron chi connectivity index (χ1n) is 5.48. The molecule has 16 heavy (non-hydrogen) atoms. The number of nitrogens with two attached hydrogens (primary N) is 1. The molecule has 1 atom stereocenters. The number of hydrogen-bond donors (Lipinski definition) is 1. The second kappa shape index (κ2) is 5.96. The third-order valence-corrected chi connectivity index (χ3v) is 3.45. The van der Waals surface area contributed by atoms with Gasteiger partial charge in [0.25, 0.3) is 5.91 Å². The molecule has 0 radical (unpaired) electrons. The van der Waals surface area contributed by atoms with Crippen molar-refractivity contribution in [2.24, 2.45) is 11.7 Å². The average Bonchev–Trinajstić information content (AvgIpc) is 2.76. The molecule has 0 bridgehead atoms. The van der Waals surface area contributed by atoms with Gasteiger partial charge in [-0.2, -0.15) is 0 Å². The number of nitrogens with zero attached hydrogens (tertiary/aromatic N) is 2. The van der Waals surface area contributed by atoms with Gasteiger partial charge in [0.05, 0.1) is 0 Å². The Bertz CT molecular complexity index is 351. The third-order valence-electron chi connectivity index (χ3n) is 2.57. The van der Waals surface area contributed by atoms with E-state index in [-0.39, 0.29) is 5.91 Å². The van der Waals surface area contributed by atoms with Gasteiger partial charge in [-0.3, -0.25) is 4.79 Å². The Hall–Kier alpha value is -0.940. The highest BCUT2D eigenvalue weighted by molar-refractivity contribution is 7.09. The number of rotatable bonds is 5. The molecule has 0 spiro atoms. The fourth-order valence-electron chi connectivity index (χ4n) is 1.38. The summed E-state index contributed by atoms with van der Waals surface area (Å²) in [7, 11) is 1.82. The first-order chi connectivity index (χ1) is 7.58. The van der Waals surface area contributed by atoms with Crippen molar-refractivity contribution in [3.63, 3.8) is 0 Å². The maximum Gasteiger partial charge on any atom is 0.273 e. The topological polar surface area (TPSA) is 59.2 Å². The molecule has 1 rings (SSSR count). The molecule has 0 saturated carbocycles. The van der Waals surface area contributed by atoms with Gasteiger partial charge >= 0.3 is 0 Å². The summed E-state index contributed by atoms with van der Waals surface area (Å²) in [6.45, 7) is 5.42. The molecule has 2 N–H and O–H groups in total. The molecule has 1 heterocycles. The fraction of sp³-hybridized carbons (Fsp3) is 0.636. The molecule has 0 aliphatic rings. The minimum atomic E-state index is -0.0174. The fourth-order valence-corrected chi connectivity index (χ4v) is 2.03. The monoisotopic (exact) mass is 241 g/mol. The molecule has 0 saturated heterocycles. The molecule has 1 aromatic heterocycles. The largest absolute Gasteiger partial charge is 0.340 e. The predicted octanol–water partition coefficient (Wildman–Crippen LogP) is 1.72. The van der Waals surface area contributed by atoms with Crippen LogP contribution in [-0.2, 0) is 6.54 Å². The van der Waals surface area contributed by atoms with Crippen LogP contribution in [0.4, 0.5) is 0 Å². The minimum absolute atomic E-state index is 0.0174. The Balaban J connectivity index is 2.62. The smallest absolute Gasteiger partial charge is 0.273 e. The van der Waals surface area contributed by atoms with E-state index in [4.69, 9.17) is 5.73 Å². The summed E-state index contributed by atoms with van der Waals surface area (Å²) >= 11 is 1.44. The van der Waals surface area contributed by atoms with Crippen molar-refractivity contribution in [1.29, 1.82) is 0 Å². The van der Waals surface area contributed by atoms with Crippen molar-refractivity contribution < 1.29 is 4.79 Å². The van der Waals surface area contributed by atoms with Crippen LogP contribution in [0.3, 0.4) is 0 Å². The molecular weight excluding hydrogens is 222 g/mol. The summed E-state index contributed by atoms with van der Waals surface area (Å²) in [5.74, 6) is 0.498. The van der Waals surface area contributed by atoms with Gasteiger partial charge in [0.15, 0.2) is 0 Å². The van der Waals surface area contributed by atoms with E-state index in [9.17, 15) is 4.79 Å². The molecule has 5 heteroatoms. The molecule has 1 aromatic rings. The highest BCUT2D eigenvalue weighted by Gasteiger charge is 2.16. The number of amides is 1. The molecule has 0 aliphatic heterocycles. The van der Waals surface area contributed by atoms with Gasteiger partial charge in [-0.15, -0.1) is 11.3 Å². The van der Waals surface area contributed by atoms with Crippen LogP contribution in [0.25, 0.3) is 0 Å². The summed E-state index contributed by atoms with van der Waals surface area (Å²) in [6.07, 6.45) is 1.07. The Labute approximate surface area is 100 Å². The Kier molecular flexibility index (Phi) is 4.89. The van der Waals surface area contributed by atoms with Gasteiger partial charge < -0.3 is 10.6 Å². The molecular formula is C11H19N3OS. The van der Waals surface area contributed by atoms with Crippen molar-refractivity contribution in [3.8, 4) is 0 Å². The first kappa shape index (κ1) is 13.1. The van der Waals surface area contributed by atoms with Gasteiger partial charge in [0, 0.05) is 25.5 Å². The van der Waals surface area contributed by atoms with Crippen LogP contribution in [0, 0.1) is 5.92 Å². The van der Waals surface area contributed by atoms with Crippen LogP contribution in [0.15, 0.2) is 5.38 Å². The lowest BCUT2D eigenvalue weighted by Crippen LogP contribution is -2.31. The highest BCUT2D eigenvalue weighted by atomic mass is 32.1. The van der Waals surface area contributed by atoms with Crippen LogP contribution in [0.1, 0.15) is 35.8 Å². The van der Waals surface area contributed by atoms with Crippen molar-refractivity contribution in [2.75, 3.05) is 13.6 Å². The molecule has 0 aliphatic carbocycles. The van der Waals surface area contributed by atoms with Crippen molar-refractivity contribution in [1.82, 2.24) is 9.88 Å². The van der Waals surface area contributed by atoms with Gasteiger partial charge in [-0.05, 0) is 5.92 Å². The summed E-state index contributed by atoms with van der Waals surface area (Å²) < 4.78 is 0. The maximum atomic E-state index is 12.0. The van der Waals surface area contributed by atoms with Crippen LogP contribution in [0.2, 0.25) is 0 Å². The zero-order chi connectivity index (χ0) is 12.1. The first-order valence-corrected chi connectivity index (χ1v) is 6.36. The SMILES string of the molecule is CCC(C)CN(C)C(=O)c1csc(CN)n1. The van der Waals surface area contributed by atoms with E-state index in [1.165, 1.54) is 11.3 Å². The van der Waals surface area contributed by atoms with Crippen LogP contribution >= 0.6 is 11.3 Å². The van der Waals surface area contributed by atoms with Crippen LogP contribution < -0.4 is 5.73 Å². The lowest BCUT2D eigenvalue weighted by molar-refractivity contribution is 0.0769. The van der Waals surface area contributed by atoms with Crippen LogP contribution in [0.5, 0.6) is 0 Å². The zero-order valence-electron chi connectivity index (χ0n) is 10.1. The standard InChI is InChI=1S/C11H19N3OS/c1-4-8(2)6-14(3)11(15)9-7-16-10(5-12)13-9/h7-8H,4-6,12H2,1-3H3. The Morgan fingerprint density at radius 2 is 2.38 bits per heavy atom. The van der Waals surface area contributed by atoms with Gasteiger partial charge in [-0.1, -0.05) is 20.3 Å². The molecule has 1 unspecified atom stereocenters. The van der Waals surface area contributed by atoms with Crippen molar-refractivity contribution in [3.05, 3.63) is 16.1 Å². The second-order valence-electron chi connectivity index (χ2n) is 4.03. The maximum absolute atomic E-state index is 12.0. The predicted molar refractivity (Wildman–Crippen MR) is 66.4 cm³/mol. The normalized spacial score (nSPS) is 12.5.